The molecule has 0 aliphatic heterocycles. The molecule has 0 atom stereocenters. The summed E-state index contributed by atoms with van der Waals surface area (Å²) in [4.78, 5) is 23.7. The standard InChI is InChI=1S/C20H21NO3/c1-4-24-20(23)16-7-9-18(10-8-16)21-12-11-19(22)17-6-5-14(2)15(3)13-17/h5-13,21H,4H2,1-3H3. The van der Waals surface area contributed by atoms with Gasteiger partial charge in [0.1, 0.15) is 0 Å². The maximum atomic E-state index is 12.1. The van der Waals surface area contributed by atoms with Crippen molar-refractivity contribution in [2.24, 2.45) is 0 Å². The Morgan fingerprint density at radius 2 is 1.67 bits per heavy atom. The normalized spacial score (nSPS) is 10.6. The lowest BCUT2D eigenvalue weighted by atomic mass is 10.0. The lowest BCUT2D eigenvalue weighted by molar-refractivity contribution is 0.0526. The van der Waals surface area contributed by atoms with Gasteiger partial charge in [-0.25, -0.2) is 4.79 Å². The maximum absolute atomic E-state index is 12.1. The van der Waals surface area contributed by atoms with Gasteiger partial charge in [0.15, 0.2) is 5.78 Å². The van der Waals surface area contributed by atoms with Gasteiger partial charge in [-0.2, -0.15) is 0 Å². The average molecular weight is 323 g/mol. The van der Waals surface area contributed by atoms with E-state index >= 15 is 0 Å². The van der Waals surface area contributed by atoms with Gasteiger partial charge in [0.05, 0.1) is 12.2 Å². The lowest BCUT2D eigenvalue weighted by Gasteiger charge is -2.04. The molecule has 0 amide bonds. The van der Waals surface area contributed by atoms with Gasteiger partial charge in [0, 0.05) is 23.5 Å². The third kappa shape index (κ3) is 4.56. The molecule has 124 valence electrons. The number of anilines is 1. The van der Waals surface area contributed by atoms with E-state index in [1.807, 2.05) is 32.0 Å². The van der Waals surface area contributed by atoms with Crippen LogP contribution in [0.2, 0.25) is 0 Å². The average Bonchev–Trinajstić information content (AvgIpc) is 2.58. The third-order valence-corrected chi connectivity index (χ3v) is 3.67. The fraction of sp³-hybridized carbons (Fsp3) is 0.200. The van der Waals surface area contributed by atoms with Gasteiger partial charge in [-0.3, -0.25) is 4.79 Å². The fourth-order valence-electron chi connectivity index (χ4n) is 2.12. The molecule has 1 N–H and O–H groups in total. The highest BCUT2D eigenvalue weighted by molar-refractivity contribution is 6.04. The molecule has 0 spiro atoms. The molecule has 2 aromatic rings. The molecule has 4 heteroatoms. The third-order valence-electron chi connectivity index (χ3n) is 3.67. The molecule has 0 unspecified atom stereocenters. The number of ether oxygens (including phenoxy) is 1. The number of benzene rings is 2. The molecule has 2 rings (SSSR count). The monoisotopic (exact) mass is 323 g/mol. The summed E-state index contributed by atoms with van der Waals surface area (Å²) in [6.45, 7) is 6.12. The van der Waals surface area contributed by atoms with Crippen LogP contribution in [0.1, 0.15) is 38.8 Å². The summed E-state index contributed by atoms with van der Waals surface area (Å²) >= 11 is 0. The number of nitrogens with one attached hydrogen (secondary N) is 1. The molecule has 0 aliphatic carbocycles. The van der Waals surface area contributed by atoms with Crippen LogP contribution in [0.5, 0.6) is 0 Å². The maximum Gasteiger partial charge on any atom is 0.338 e. The number of ketones is 1. The van der Waals surface area contributed by atoms with Crippen molar-refractivity contribution in [1.29, 1.82) is 0 Å². The molecule has 4 nitrogen and oxygen atoms in total. The smallest absolute Gasteiger partial charge is 0.338 e. The van der Waals surface area contributed by atoms with Crippen LogP contribution in [0.15, 0.2) is 54.7 Å². The number of esters is 1. The number of hydrogen-bond acceptors (Lipinski definition) is 4. The van der Waals surface area contributed by atoms with Crippen LogP contribution in [-0.4, -0.2) is 18.4 Å². The van der Waals surface area contributed by atoms with Crippen LogP contribution in [0.25, 0.3) is 0 Å². The van der Waals surface area contributed by atoms with Gasteiger partial charge in [-0.05, 0) is 62.2 Å². The molecule has 0 saturated heterocycles. The number of allylic oxidation sites excluding steroid dienone is 1. The molecular formula is C20H21NO3. The Balaban J connectivity index is 1.97. The largest absolute Gasteiger partial charge is 0.462 e. The summed E-state index contributed by atoms with van der Waals surface area (Å²) < 4.78 is 4.93. The highest BCUT2D eigenvalue weighted by atomic mass is 16.5. The first-order valence-electron chi connectivity index (χ1n) is 7.83. The topological polar surface area (TPSA) is 55.4 Å². The molecule has 0 heterocycles. The van der Waals surface area contributed by atoms with Gasteiger partial charge >= 0.3 is 5.97 Å². The van der Waals surface area contributed by atoms with Crippen molar-refractivity contribution >= 4 is 17.4 Å². The van der Waals surface area contributed by atoms with Crippen LogP contribution >= 0.6 is 0 Å². The Morgan fingerprint density at radius 1 is 1.00 bits per heavy atom. The first-order chi connectivity index (χ1) is 11.5. The Labute approximate surface area is 142 Å². The summed E-state index contributed by atoms with van der Waals surface area (Å²) in [6.07, 6.45) is 3.08. The van der Waals surface area contributed by atoms with Crippen molar-refractivity contribution in [2.75, 3.05) is 11.9 Å². The summed E-state index contributed by atoms with van der Waals surface area (Å²) in [7, 11) is 0. The van der Waals surface area contributed by atoms with E-state index in [9.17, 15) is 9.59 Å². The highest BCUT2D eigenvalue weighted by Crippen LogP contribution is 2.12. The Bertz CT molecular complexity index is 761. The summed E-state index contributed by atoms with van der Waals surface area (Å²) in [6, 6.07) is 12.5. The SMILES string of the molecule is CCOC(=O)c1ccc(NC=CC(=O)c2ccc(C)c(C)c2)cc1. The molecule has 0 fully saturated rings. The van der Waals surface area contributed by atoms with Crippen molar-refractivity contribution in [3.63, 3.8) is 0 Å². The van der Waals surface area contributed by atoms with Crippen molar-refractivity contribution in [3.05, 3.63) is 77.0 Å². The summed E-state index contributed by atoms with van der Waals surface area (Å²) in [5.74, 6) is -0.404. The summed E-state index contributed by atoms with van der Waals surface area (Å²) in [5.41, 5.74) is 4.20. The van der Waals surface area contributed by atoms with Crippen LogP contribution < -0.4 is 5.32 Å². The quantitative estimate of drug-likeness (QED) is 0.489. The van der Waals surface area contributed by atoms with Gasteiger partial charge in [0.25, 0.3) is 0 Å². The molecule has 0 radical (unpaired) electrons. The van der Waals surface area contributed by atoms with Crippen LogP contribution in [0.3, 0.4) is 0 Å². The van der Waals surface area contributed by atoms with E-state index in [4.69, 9.17) is 4.74 Å². The van der Waals surface area contributed by atoms with Crippen LogP contribution in [0, 0.1) is 13.8 Å². The second kappa shape index (κ2) is 8.11. The van der Waals surface area contributed by atoms with Crippen molar-refractivity contribution in [2.45, 2.75) is 20.8 Å². The minimum Gasteiger partial charge on any atom is -0.462 e. The summed E-state index contributed by atoms with van der Waals surface area (Å²) in [5, 5.41) is 3.02. The van der Waals surface area contributed by atoms with Crippen LogP contribution in [-0.2, 0) is 4.74 Å². The van der Waals surface area contributed by atoms with Crippen molar-refractivity contribution in [3.8, 4) is 0 Å². The Hall–Kier alpha value is -2.88. The number of rotatable bonds is 6. The second-order valence-corrected chi connectivity index (χ2v) is 5.44. The van der Waals surface area contributed by atoms with E-state index in [1.54, 1.807) is 37.4 Å². The van der Waals surface area contributed by atoms with Crippen LogP contribution in [0.4, 0.5) is 5.69 Å². The molecule has 24 heavy (non-hydrogen) atoms. The van der Waals surface area contributed by atoms with Gasteiger partial charge < -0.3 is 10.1 Å². The minimum absolute atomic E-state index is 0.0613. The highest BCUT2D eigenvalue weighted by Gasteiger charge is 2.05. The second-order valence-electron chi connectivity index (χ2n) is 5.44. The van der Waals surface area contributed by atoms with E-state index in [0.29, 0.717) is 17.7 Å². The number of aryl methyl sites for hydroxylation is 2. The minimum atomic E-state index is -0.343. The predicted molar refractivity (Wildman–Crippen MR) is 95.4 cm³/mol. The molecular weight excluding hydrogens is 302 g/mol. The Kier molecular flexibility index (Phi) is 5.90. The van der Waals surface area contributed by atoms with E-state index in [0.717, 1.165) is 16.8 Å². The van der Waals surface area contributed by atoms with Crippen molar-refractivity contribution < 1.29 is 14.3 Å². The predicted octanol–water partition coefficient (Wildman–Crippen LogP) is 4.29. The zero-order valence-electron chi connectivity index (χ0n) is 14.1. The van der Waals surface area contributed by atoms with Gasteiger partial charge in [-0.15, -0.1) is 0 Å². The van der Waals surface area contributed by atoms with E-state index in [2.05, 4.69) is 5.32 Å². The molecule has 0 aromatic heterocycles. The lowest BCUT2D eigenvalue weighted by Crippen LogP contribution is -2.04. The molecule has 0 saturated carbocycles. The van der Waals surface area contributed by atoms with Crippen molar-refractivity contribution in [1.82, 2.24) is 0 Å². The number of carbonyl (C=O) groups excluding carboxylic acids is 2. The van der Waals surface area contributed by atoms with E-state index in [-0.39, 0.29) is 11.8 Å². The zero-order chi connectivity index (χ0) is 17.5. The molecule has 0 bridgehead atoms. The molecule has 2 aromatic carbocycles. The number of hydrogen-bond donors (Lipinski definition) is 1. The first kappa shape index (κ1) is 17.5. The first-order valence-corrected chi connectivity index (χ1v) is 7.83. The fourth-order valence-corrected chi connectivity index (χ4v) is 2.12. The van der Waals surface area contributed by atoms with E-state index < -0.39 is 0 Å². The Morgan fingerprint density at radius 3 is 2.29 bits per heavy atom. The molecule has 0 aliphatic rings. The van der Waals surface area contributed by atoms with Gasteiger partial charge in [-0.1, -0.05) is 12.1 Å². The van der Waals surface area contributed by atoms with Gasteiger partial charge in [0.2, 0.25) is 0 Å². The zero-order valence-corrected chi connectivity index (χ0v) is 14.1. The number of carbonyl (C=O) groups is 2. The van der Waals surface area contributed by atoms with E-state index in [1.165, 1.54) is 6.08 Å².